The first kappa shape index (κ1) is 19.2. The Bertz CT molecular complexity index is 1020. The fraction of sp³-hybridized carbons (Fsp3) is 0.105. The van der Waals surface area contributed by atoms with E-state index in [9.17, 15) is 19.7 Å². The highest BCUT2D eigenvalue weighted by atomic mass is 32.1. The molecular weight excluding hydrogens is 382 g/mol. The maximum Gasteiger partial charge on any atom is 0.338 e. The number of nitrogens with one attached hydrogen (secondary N) is 1. The summed E-state index contributed by atoms with van der Waals surface area (Å²) in [5.74, 6) is -1.12. The number of aromatic nitrogens is 1. The van der Waals surface area contributed by atoms with E-state index < -0.39 is 22.9 Å². The molecule has 0 spiro atoms. The van der Waals surface area contributed by atoms with Crippen LogP contribution < -0.4 is 5.32 Å². The van der Waals surface area contributed by atoms with Gasteiger partial charge in [0.1, 0.15) is 0 Å². The molecule has 0 aliphatic carbocycles. The van der Waals surface area contributed by atoms with Crippen LogP contribution in [-0.2, 0) is 9.53 Å². The molecule has 0 radical (unpaired) electrons. The first-order chi connectivity index (χ1) is 13.4. The van der Waals surface area contributed by atoms with Crippen LogP contribution in [0.25, 0.3) is 11.3 Å². The van der Waals surface area contributed by atoms with Crippen LogP contribution in [0.2, 0.25) is 0 Å². The average molecular weight is 397 g/mol. The summed E-state index contributed by atoms with van der Waals surface area (Å²) in [7, 11) is 0. The third-order valence-electron chi connectivity index (χ3n) is 3.75. The van der Waals surface area contributed by atoms with Gasteiger partial charge in [-0.15, -0.1) is 11.3 Å². The van der Waals surface area contributed by atoms with E-state index >= 15 is 0 Å². The first-order valence-corrected chi connectivity index (χ1v) is 9.09. The highest BCUT2D eigenvalue weighted by Crippen LogP contribution is 2.27. The number of rotatable bonds is 6. The average Bonchev–Trinajstić information content (AvgIpc) is 3.17. The number of thiazole rings is 1. The number of hydrogen-bond donors (Lipinski definition) is 1. The second-order valence-electron chi connectivity index (χ2n) is 5.75. The van der Waals surface area contributed by atoms with Crippen molar-refractivity contribution < 1.29 is 19.2 Å². The second-order valence-corrected chi connectivity index (χ2v) is 6.61. The highest BCUT2D eigenvalue weighted by molar-refractivity contribution is 7.14. The maximum atomic E-state index is 12.3. The molecule has 3 aromatic rings. The van der Waals surface area contributed by atoms with Crippen LogP contribution in [0, 0.1) is 10.1 Å². The van der Waals surface area contributed by atoms with Crippen molar-refractivity contribution in [1.29, 1.82) is 0 Å². The van der Waals surface area contributed by atoms with Crippen LogP contribution in [0.4, 0.5) is 10.8 Å². The molecule has 142 valence electrons. The minimum atomic E-state index is -1.02. The van der Waals surface area contributed by atoms with Crippen molar-refractivity contribution in [2.75, 3.05) is 5.32 Å². The monoisotopic (exact) mass is 397 g/mol. The number of hydrogen-bond acceptors (Lipinski definition) is 7. The minimum Gasteiger partial charge on any atom is -0.449 e. The van der Waals surface area contributed by atoms with E-state index in [4.69, 9.17) is 4.74 Å². The van der Waals surface area contributed by atoms with Crippen LogP contribution in [0.1, 0.15) is 17.3 Å². The van der Waals surface area contributed by atoms with Crippen LogP contribution >= 0.6 is 11.3 Å². The highest BCUT2D eigenvalue weighted by Gasteiger charge is 2.20. The van der Waals surface area contributed by atoms with Crippen LogP contribution in [0.3, 0.4) is 0 Å². The Morgan fingerprint density at radius 3 is 2.64 bits per heavy atom. The minimum absolute atomic E-state index is 0.0440. The van der Waals surface area contributed by atoms with Gasteiger partial charge in [-0.3, -0.25) is 20.2 Å². The van der Waals surface area contributed by atoms with E-state index in [1.807, 2.05) is 0 Å². The summed E-state index contributed by atoms with van der Waals surface area (Å²) >= 11 is 1.17. The molecule has 1 amide bonds. The van der Waals surface area contributed by atoms with Gasteiger partial charge >= 0.3 is 5.97 Å². The van der Waals surface area contributed by atoms with Gasteiger partial charge in [0, 0.05) is 23.1 Å². The number of anilines is 1. The number of esters is 1. The van der Waals surface area contributed by atoms with Crippen molar-refractivity contribution in [3.8, 4) is 11.3 Å². The van der Waals surface area contributed by atoms with Gasteiger partial charge in [-0.1, -0.05) is 30.3 Å². The molecule has 1 atom stereocenters. The fourth-order valence-electron chi connectivity index (χ4n) is 2.31. The largest absolute Gasteiger partial charge is 0.449 e. The Kier molecular flexibility index (Phi) is 5.75. The molecule has 0 aliphatic heterocycles. The van der Waals surface area contributed by atoms with E-state index in [2.05, 4.69) is 10.3 Å². The number of carbonyl (C=O) groups excluding carboxylic acids is 2. The standard InChI is InChI=1S/C19H15N3O5S/c1-12(27-18(24)13-6-3-2-4-7-13)17(23)21-19-20-16(11-28-19)14-8-5-9-15(10-14)22(25)26/h2-12H,1H3,(H,20,21,23)/t12-/m0/s1. The van der Waals surface area contributed by atoms with Crippen molar-refractivity contribution in [3.05, 3.63) is 75.7 Å². The molecular formula is C19H15N3O5S. The lowest BCUT2D eigenvalue weighted by Gasteiger charge is -2.12. The number of nitrogens with zero attached hydrogens (tertiary/aromatic N) is 2. The zero-order valence-corrected chi connectivity index (χ0v) is 15.5. The van der Waals surface area contributed by atoms with E-state index in [1.165, 1.54) is 30.4 Å². The molecule has 8 nitrogen and oxygen atoms in total. The number of carbonyl (C=O) groups is 2. The third kappa shape index (κ3) is 4.57. The van der Waals surface area contributed by atoms with Gasteiger partial charge < -0.3 is 4.74 Å². The molecule has 3 rings (SSSR count). The van der Waals surface area contributed by atoms with E-state index in [1.54, 1.807) is 47.8 Å². The normalized spacial score (nSPS) is 11.5. The maximum absolute atomic E-state index is 12.3. The van der Waals surface area contributed by atoms with E-state index in [0.717, 1.165) is 0 Å². The van der Waals surface area contributed by atoms with Crippen LogP contribution in [-0.4, -0.2) is 27.9 Å². The van der Waals surface area contributed by atoms with Crippen molar-refractivity contribution >= 4 is 34.0 Å². The molecule has 9 heteroatoms. The van der Waals surface area contributed by atoms with Gasteiger partial charge in [-0.25, -0.2) is 9.78 Å². The third-order valence-corrected chi connectivity index (χ3v) is 4.51. The molecule has 2 aromatic carbocycles. The second kappa shape index (κ2) is 8.40. The van der Waals surface area contributed by atoms with Crippen molar-refractivity contribution in [1.82, 2.24) is 4.98 Å². The van der Waals surface area contributed by atoms with Gasteiger partial charge in [0.25, 0.3) is 11.6 Å². The molecule has 1 N–H and O–H groups in total. The smallest absolute Gasteiger partial charge is 0.338 e. The number of nitro benzene ring substituents is 1. The van der Waals surface area contributed by atoms with Gasteiger partial charge in [0.15, 0.2) is 11.2 Å². The molecule has 0 fully saturated rings. The Balaban J connectivity index is 1.64. The molecule has 1 heterocycles. The number of ether oxygens (including phenoxy) is 1. The predicted molar refractivity (Wildman–Crippen MR) is 104 cm³/mol. The Morgan fingerprint density at radius 2 is 1.93 bits per heavy atom. The molecule has 28 heavy (non-hydrogen) atoms. The van der Waals surface area contributed by atoms with Crippen molar-refractivity contribution in [2.45, 2.75) is 13.0 Å². The van der Waals surface area contributed by atoms with Crippen molar-refractivity contribution in [3.63, 3.8) is 0 Å². The summed E-state index contributed by atoms with van der Waals surface area (Å²) in [6.07, 6.45) is -1.02. The zero-order chi connectivity index (χ0) is 20.1. The SMILES string of the molecule is C[C@H](OC(=O)c1ccccc1)C(=O)Nc1nc(-c2cccc([N+](=O)[O-])c2)cs1. The Morgan fingerprint density at radius 1 is 1.18 bits per heavy atom. The van der Waals surface area contributed by atoms with Crippen molar-refractivity contribution in [2.24, 2.45) is 0 Å². The Hall–Kier alpha value is -3.59. The number of non-ortho nitro benzene ring substituents is 1. The summed E-state index contributed by atoms with van der Waals surface area (Å²) in [6.45, 7) is 1.46. The van der Waals surface area contributed by atoms with Gasteiger partial charge in [0.2, 0.25) is 0 Å². The number of benzene rings is 2. The summed E-state index contributed by atoms with van der Waals surface area (Å²) < 4.78 is 5.15. The summed E-state index contributed by atoms with van der Waals surface area (Å²) in [6, 6.07) is 14.4. The number of nitro groups is 1. The molecule has 1 aromatic heterocycles. The molecule has 0 saturated carbocycles. The summed E-state index contributed by atoms with van der Waals surface area (Å²) in [5.41, 5.74) is 1.37. The fourth-order valence-corrected chi connectivity index (χ4v) is 3.03. The number of amides is 1. The zero-order valence-electron chi connectivity index (χ0n) is 14.7. The quantitative estimate of drug-likeness (QED) is 0.383. The lowest BCUT2D eigenvalue weighted by atomic mass is 10.1. The summed E-state index contributed by atoms with van der Waals surface area (Å²) in [4.78, 5) is 38.9. The first-order valence-electron chi connectivity index (χ1n) is 8.21. The molecule has 0 aliphatic rings. The van der Waals surface area contributed by atoms with Crippen LogP contribution in [0.15, 0.2) is 60.0 Å². The predicted octanol–water partition coefficient (Wildman–Crippen LogP) is 3.90. The topological polar surface area (TPSA) is 111 Å². The molecule has 0 saturated heterocycles. The van der Waals surface area contributed by atoms with E-state index in [-0.39, 0.29) is 5.69 Å². The van der Waals surface area contributed by atoms with Gasteiger partial charge in [0.05, 0.1) is 16.2 Å². The molecule has 0 unspecified atom stereocenters. The molecule has 0 bridgehead atoms. The van der Waals surface area contributed by atoms with Gasteiger partial charge in [-0.05, 0) is 19.1 Å². The lowest BCUT2D eigenvalue weighted by molar-refractivity contribution is -0.384. The Labute approximate surface area is 164 Å². The lowest BCUT2D eigenvalue weighted by Crippen LogP contribution is -2.29. The summed E-state index contributed by atoms with van der Waals surface area (Å²) in [5, 5.41) is 15.4. The van der Waals surface area contributed by atoms with E-state index in [0.29, 0.717) is 22.0 Å². The van der Waals surface area contributed by atoms with Crippen LogP contribution in [0.5, 0.6) is 0 Å². The van der Waals surface area contributed by atoms with Gasteiger partial charge in [-0.2, -0.15) is 0 Å².